The molecule has 2 amide bonds. The van der Waals surface area contributed by atoms with E-state index in [1.165, 1.54) is 4.90 Å². The summed E-state index contributed by atoms with van der Waals surface area (Å²) in [5, 5.41) is 22.1. The summed E-state index contributed by atoms with van der Waals surface area (Å²) in [6.07, 6.45) is 5.25. The summed E-state index contributed by atoms with van der Waals surface area (Å²) in [4.78, 5) is 35.5. The molecule has 212 valence electrons. The van der Waals surface area contributed by atoms with Crippen molar-refractivity contribution in [2.45, 2.75) is 70.7 Å². The first kappa shape index (κ1) is 27.8. The Morgan fingerprint density at radius 1 is 1.12 bits per heavy atom. The number of likely N-dealkylation sites (tertiary alicyclic amines) is 1. The van der Waals surface area contributed by atoms with Crippen LogP contribution in [0.4, 0.5) is 5.82 Å². The van der Waals surface area contributed by atoms with Crippen LogP contribution in [-0.4, -0.2) is 73.6 Å². The molecule has 3 heterocycles. The molecule has 0 unspecified atom stereocenters. The highest BCUT2D eigenvalue weighted by Crippen LogP contribution is 2.40. The largest absolute Gasteiger partial charge is 0.391 e. The van der Waals surface area contributed by atoms with Gasteiger partial charge in [0.15, 0.2) is 0 Å². The van der Waals surface area contributed by atoms with Crippen molar-refractivity contribution in [1.29, 1.82) is 0 Å². The Morgan fingerprint density at radius 2 is 1.88 bits per heavy atom. The lowest BCUT2D eigenvalue weighted by atomic mass is 9.85. The Balaban J connectivity index is 1.26. The van der Waals surface area contributed by atoms with Crippen molar-refractivity contribution in [2.24, 2.45) is 5.41 Å². The van der Waals surface area contributed by atoms with Gasteiger partial charge in [-0.25, -0.2) is 9.67 Å². The number of carbonyl (C=O) groups excluding carboxylic acids is 2. The van der Waals surface area contributed by atoms with Gasteiger partial charge in [-0.3, -0.25) is 9.59 Å². The lowest BCUT2D eigenvalue weighted by molar-refractivity contribution is -0.144. The smallest absolute Gasteiger partial charge is 0.248 e. The number of aromatic nitrogens is 4. The lowest BCUT2D eigenvalue weighted by Crippen LogP contribution is -2.51. The zero-order valence-corrected chi connectivity index (χ0v) is 23.5. The molecule has 0 spiro atoms. The number of aliphatic hydroxyl groups is 1. The highest BCUT2D eigenvalue weighted by molar-refractivity contribution is 5.90. The average molecular weight is 546 g/mol. The molecule has 1 saturated heterocycles. The minimum Gasteiger partial charge on any atom is -0.391 e. The van der Waals surface area contributed by atoms with E-state index >= 15 is 0 Å². The third kappa shape index (κ3) is 6.50. The van der Waals surface area contributed by atoms with Gasteiger partial charge in [0, 0.05) is 50.9 Å². The molecule has 0 radical (unpaired) electrons. The van der Waals surface area contributed by atoms with Gasteiger partial charge in [0.1, 0.15) is 17.9 Å². The molecule has 1 saturated carbocycles. The molecule has 2 fully saturated rings. The third-order valence-corrected chi connectivity index (χ3v) is 7.58. The number of amides is 2. The minimum absolute atomic E-state index is 0.113. The molecular formula is C30H39N7O3. The number of β-amino-alcohol motifs (C(OH)–C–C–N with tert-alkyl or cyclic N) is 1. The summed E-state index contributed by atoms with van der Waals surface area (Å²) in [5.41, 5.74) is 1.58. The Morgan fingerprint density at radius 3 is 2.55 bits per heavy atom. The number of aliphatic hydroxyl groups excluding tert-OH is 1. The van der Waals surface area contributed by atoms with E-state index in [1.807, 2.05) is 63.4 Å². The first-order valence-electron chi connectivity index (χ1n) is 14.1. The van der Waals surface area contributed by atoms with Crippen LogP contribution in [0.15, 0.2) is 60.9 Å². The van der Waals surface area contributed by atoms with Crippen LogP contribution in [0, 0.1) is 5.41 Å². The Labute approximate surface area is 235 Å². The summed E-state index contributed by atoms with van der Waals surface area (Å²) < 4.78 is 1.64. The van der Waals surface area contributed by atoms with Gasteiger partial charge in [-0.05, 0) is 36.0 Å². The summed E-state index contributed by atoms with van der Waals surface area (Å²) in [6.45, 7) is 7.61. The average Bonchev–Trinajstić information content (AvgIpc) is 3.54. The highest BCUT2D eigenvalue weighted by atomic mass is 16.3. The van der Waals surface area contributed by atoms with Crippen LogP contribution in [-0.2, 0) is 16.1 Å². The van der Waals surface area contributed by atoms with Crippen molar-refractivity contribution >= 4 is 17.6 Å². The van der Waals surface area contributed by atoms with E-state index in [4.69, 9.17) is 0 Å². The van der Waals surface area contributed by atoms with E-state index in [2.05, 4.69) is 37.6 Å². The van der Waals surface area contributed by atoms with Gasteiger partial charge in [-0.1, -0.05) is 62.4 Å². The fourth-order valence-corrected chi connectivity index (χ4v) is 5.38. The SMILES string of the molecule is CC(C)(C)[C@@H](C(=O)N1C[C@H](O)C[C@H]1C(=O)NCCN(Cc1ccccc1)c1ccccn1)n1cc(C2CC2)nn1. The number of pyridine rings is 1. The number of benzene rings is 1. The van der Waals surface area contributed by atoms with Crippen molar-refractivity contribution in [3.05, 3.63) is 72.2 Å². The maximum absolute atomic E-state index is 13.9. The number of carbonyl (C=O) groups is 2. The monoisotopic (exact) mass is 545 g/mol. The molecule has 1 aliphatic heterocycles. The Kier molecular flexibility index (Phi) is 8.16. The normalized spacial score (nSPS) is 19.9. The molecule has 2 N–H and O–H groups in total. The number of hydrogen-bond donors (Lipinski definition) is 2. The Bertz CT molecular complexity index is 1290. The van der Waals surface area contributed by atoms with E-state index in [0.717, 1.165) is 29.9 Å². The second-order valence-electron chi connectivity index (χ2n) is 11.9. The van der Waals surface area contributed by atoms with Crippen LogP contribution in [0.3, 0.4) is 0 Å². The predicted molar refractivity (Wildman–Crippen MR) is 151 cm³/mol. The van der Waals surface area contributed by atoms with E-state index < -0.39 is 23.6 Å². The molecule has 1 aromatic carbocycles. The maximum atomic E-state index is 13.9. The van der Waals surface area contributed by atoms with Crippen LogP contribution in [0.1, 0.15) is 63.3 Å². The lowest BCUT2D eigenvalue weighted by Gasteiger charge is -2.34. The summed E-state index contributed by atoms with van der Waals surface area (Å²) in [5.74, 6) is 0.746. The minimum atomic E-state index is -0.763. The number of nitrogens with zero attached hydrogens (tertiary/aromatic N) is 6. The van der Waals surface area contributed by atoms with E-state index in [-0.39, 0.29) is 24.8 Å². The van der Waals surface area contributed by atoms with Crippen molar-refractivity contribution in [2.75, 3.05) is 24.5 Å². The van der Waals surface area contributed by atoms with Crippen molar-refractivity contribution in [3.8, 4) is 0 Å². The number of hydrogen-bond acceptors (Lipinski definition) is 7. The predicted octanol–water partition coefficient (Wildman–Crippen LogP) is 2.92. The first-order valence-corrected chi connectivity index (χ1v) is 14.1. The Hall–Kier alpha value is -3.79. The molecule has 0 bridgehead atoms. The fraction of sp³-hybridized carbons (Fsp3) is 0.500. The molecule has 10 nitrogen and oxygen atoms in total. The van der Waals surface area contributed by atoms with Crippen LogP contribution in [0.2, 0.25) is 0 Å². The first-order chi connectivity index (χ1) is 19.2. The van der Waals surface area contributed by atoms with Crippen LogP contribution in [0.5, 0.6) is 0 Å². The van der Waals surface area contributed by atoms with Gasteiger partial charge in [0.05, 0.1) is 11.8 Å². The van der Waals surface area contributed by atoms with E-state index in [9.17, 15) is 14.7 Å². The molecule has 40 heavy (non-hydrogen) atoms. The molecular weight excluding hydrogens is 506 g/mol. The second kappa shape index (κ2) is 11.8. The van der Waals surface area contributed by atoms with Crippen molar-refractivity contribution in [1.82, 2.24) is 30.2 Å². The molecule has 2 aliphatic rings. The molecule has 3 aromatic rings. The third-order valence-electron chi connectivity index (χ3n) is 7.58. The zero-order valence-electron chi connectivity index (χ0n) is 23.5. The standard InChI is InChI=1S/C30H39N7O3/c1-30(2,3)27(37-20-24(33-34-37)22-12-13-22)29(40)36-19-23(38)17-25(36)28(39)32-15-16-35(26-11-7-8-14-31-26)18-21-9-5-4-6-10-21/h4-11,14,20,22-23,25,27,38H,12-13,15-19H2,1-3H3,(H,32,39)/t23-,25+,27-/m1/s1. The van der Waals surface area contributed by atoms with Crippen molar-refractivity contribution < 1.29 is 14.7 Å². The van der Waals surface area contributed by atoms with Gasteiger partial charge in [-0.2, -0.15) is 0 Å². The van der Waals surface area contributed by atoms with E-state index in [0.29, 0.717) is 25.6 Å². The second-order valence-corrected chi connectivity index (χ2v) is 11.9. The molecule has 5 rings (SSSR count). The molecule has 2 aromatic heterocycles. The summed E-state index contributed by atoms with van der Waals surface area (Å²) in [6, 6.07) is 14.5. The highest BCUT2D eigenvalue weighted by Gasteiger charge is 2.45. The van der Waals surface area contributed by atoms with Crippen LogP contribution >= 0.6 is 0 Å². The van der Waals surface area contributed by atoms with Gasteiger partial charge in [0.25, 0.3) is 0 Å². The molecule has 10 heteroatoms. The molecule has 3 atom stereocenters. The number of rotatable bonds is 10. The summed E-state index contributed by atoms with van der Waals surface area (Å²) in [7, 11) is 0. The number of nitrogens with one attached hydrogen (secondary N) is 1. The topological polar surface area (TPSA) is 116 Å². The van der Waals surface area contributed by atoms with Crippen LogP contribution in [0.25, 0.3) is 0 Å². The van der Waals surface area contributed by atoms with Crippen LogP contribution < -0.4 is 10.2 Å². The summed E-state index contributed by atoms with van der Waals surface area (Å²) >= 11 is 0. The van der Waals surface area contributed by atoms with Crippen molar-refractivity contribution in [3.63, 3.8) is 0 Å². The quantitative estimate of drug-likeness (QED) is 0.402. The van der Waals surface area contributed by atoms with Gasteiger partial charge in [0.2, 0.25) is 11.8 Å². The van der Waals surface area contributed by atoms with Gasteiger partial charge < -0.3 is 20.2 Å². The van der Waals surface area contributed by atoms with E-state index in [1.54, 1.807) is 10.9 Å². The van der Waals surface area contributed by atoms with Gasteiger partial charge >= 0.3 is 0 Å². The fourth-order valence-electron chi connectivity index (χ4n) is 5.38. The zero-order chi connectivity index (χ0) is 28.3. The van der Waals surface area contributed by atoms with Gasteiger partial charge in [-0.15, -0.1) is 5.10 Å². The maximum Gasteiger partial charge on any atom is 0.248 e. The number of anilines is 1. The molecule has 1 aliphatic carbocycles.